The van der Waals surface area contributed by atoms with Crippen LogP contribution in [0.4, 0.5) is 5.69 Å². The molecule has 0 aliphatic rings. The van der Waals surface area contributed by atoms with Crippen molar-refractivity contribution in [2.24, 2.45) is 10.2 Å². The predicted octanol–water partition coefficient (Wildman–Crippen LogP) is 4.65. The second kappa shape index (κ2) is 7.40. The third-order valence-corrected chi connectivity index (χ3v) is 3.28. The van der Waals surface area contributed by atoms with Crippen molar-refractivity contribution >= 4 is 43.5 Å². The van der Waals surface area contributed by atoms with Crippen molar-refractivity contribution in [1.82, 2.24) is 0 Å². The Morgan fingerprint density at radius 1 is 1.37 bits per heavy atom. The lowest BCUT2D eigenvalue weighted by molar-refractivity contribution is -0.138. The molecule has 19 heavy (non-hydrogen) atoms. The second-order valence-electron chi connectivity index (χ2n) is 3.42. The van der Waals surface area contributed by atoms with Gasteiger partial charge >= 0.3 is 5.97 Å². The molecular weight excluding hydrogens is 380 g/mol. The smallest absolute Gasteiger partial charge is 0.362 e. The number of nitrogens with zero attached hydrogens (tertiary/aromatic N) is 2. The van der Waals surface area contributed by atoms with Crippen LogP contribution in [-0.4, -0.2) is 17.7 Å². The molecule has 0 spiro atoms. The first-order valence-corrected chi connectivity index (χ1v) is 6.98. The number of hydrogen-bond acceptors (Lipinski definition) is 5. The van der Waals surface area contributed by atoms with E-state index >= 15 is 0 Å². The number of ether oxygens (including phenoxy) is 1. The van der Waals surface area contributed by atoms with E-state index in [2.05, 4.69) is 42.1 Å². The zero-order valence-electron chi connectivity index (χ0n) is 10.4. The first-order chi connectivity index (χ1) is 8.97. The highest BCUT2D eigenvalue weighted by atomic mass is 79.9. The monoisotopic (exact) mass is 390 g/mol. The quantitative estimate of drug-likeness (QED) is 0.351. The Morgan fingerprint density at radius 3 is 2.42 bits per heavy atom. The Hall–Kier alpha value is -1.21. The van der Waals surface area contributed by atoms with Crippen LogP contribution in [0, 0.1) is 0 Å². The fraction of sp³-hybridized carbons (Fsp3) is 0.250. The number of hydrogen-bond donors (Lipinski definition) is 1. The van der Waals surface area contributed by atoms with Gasteiger partial charge in [0.2, 0.25) is 5.70 Å². The van der Waals surface area contributed by atoms with E-state index in [0.717, 1.165) is 0 Å². The molecule has 102 valence electrons. The van der Waals surface area contributed by atoms with Crippen molar-refractivity contribution < 1.29 is 14.6 Å². The SMILES string of the molecule is CCOC(=O)C(N=Nc1c(Br)cccc1Br)=C(C)O. The highest BCUT2D eigenvalue weighted by Gasteiger charge is 2.14. The number of esters is 1. The van der Waals surface area contributed by atoms with Crippen LogP contribution in [0.2, 0.25) is 0 Å². The average molecular weight is 392 g/mol. The minimum atomic E-state index is -0.713. The van der Waals surface area contributed by atoms with Crippen LogP contribution in [-0.2, 0) is 9.53 Å². The number of rotatable bonds is 4. The fourth-order valence-electron chi connectivity index (χ4n) is 1.14. The van der Waals surface area contributed by atoms with Crippen LogP contribution in [0.5, 0.6) is 0 Å². The molecule has 7 heteroatoms. The maximum absolute atomic E-state index is 11.6. The summed E-state index contributed by atoms with van der Waals surface area (Å²) in [7, 11) is 0. The lowest BCUT2D eigenvalue weighted by Crippen LogP contribution is -2.07. The highest BCUT2D eigenvalue weighted by Crippen LogP contribution is 2.33. The van der Waals surface area contributed by atoms with Gasteiger partial charge in [0.25, 0.3) is 0 Å². The number of halogens is 2. The molecule has 0 saturated heterocycles. The van der Waals surface area contributed by atoms with Crippen LogP contribution < -0.4 is 0 Å². The molecule has 1 N–H and O–H groups in total. The first-order valence-electron chi connectivity index (χ1n) is 5.40. The zero-order chi connectivity index (χ0) is 14.4. The number of azo groups is 1. The summed E-state index contributed by atoms with van der Waals surface area (Å²) >= 11 is 6.65. The van der Waals surface area contributed by atoms with Crippen molar-refractivity contribution in [2.75, 3.05) is 6.61 Å². The van der Waals surface area contributed by atoms with Gasteiger partial charge in [-0.15, -0.1) is 10.2 Å². The number of carbonyl (C=O) groups excluding carboxylic acids is 1. The summed E-state index contributed by atoms with van der Waals surface area (Å²) in [6.45, 7) is 3.22. The maximum Gasteiger partial charge on any atom is 0.362 e. The van der Waals surface area contributed by atoms with E-state index in [-0.39, 0.29) is 18.1 Å². The van der Waals surface area contributed by atoms with E-state index in [4.69, 9.17) is 4.74 Å². The van der Waals surface area contributed by atoms with Gasteiger partial charge in [0.15, 0.2) is 0 Å². The van der Waals surface area contributed by atoms with Crippen molar-refractivity contribution in [3.05, 3.63) is 38.6 Å². The standard InChI is InChI=1S/C12H12Br2N2O3/c1-3-19-12(18)10(7(2)17)15-16-11-8(13)5-4-6-9(11)14/h4-6,17H,3H2,1-2H3. The highest BCUT2D eigenvalue weighted by molar-refractivity contribution is 9.11. The van der Waals surface area contributed by atoms with E-state index in [1.807, 2.05) is 6.07 Å². The van der Waals surface area contributed by atoms with Crippen LogP contribution >= 0.6 is 31.9 Å². The molecule has 0 fully saturated rings. The molecule has 0 aliphatic heterocycles. The van der Waals surface area contributed by atoms with Crippen LogP contribution in [0.1, 0.15) is 13.8 Å². The van der Waals surface area contributed by atoms with E-state index in [9.17, 15) is 9.90 Å². The molecule has 0 saturated carbocycles. The molecule has 0 atom stereocenters. The molecule has 0 amide bonds. The molecule has 0 bridgehead atoms. The lowest BCUT2D eigenvalue weighted by Gasteiger charge is -2.03. The van der Waals surface area contributed by atoms with E-state index in [1.54, 1.807) is 19.1 Å². The van der Waals surface area contributed by atoms with Crippen LogP contribution in [0.15, 0.2) is 48.8 Å². The van der Waals surface area contributed by atoms with Gasteiger partial charge in [0.1, 0.15) is 11.4 Å². The Balaban J connectivity index is 3.08. The van der Waals surface area contributed by atoms with Gasteiger partial charge in [0.05, 0.1) is 6.61 Å². The third-order valence-electron chi connectivity index (χ3n) is 2.00. The number of carbonyl (C=O) groups is 1. The molecule has 0 radical (unpaired) electrons. The summed E-state index contributed by atoms with van der Waals surface area (Å²) in [4.78, 5) is 11.6. The van der Waals surface area contributed by atoms with Crippen molar-refractivity contribution in [2.45, 2.75) is 13.8 Å². The summed E-state index contributed by atoms with van der Waals surface area (Å²) < 4.78 is 6.21. The summed E-state index contributed by atoms with van der Waals surface area (Å²) in [5, 5.41) is 17.1. The third kappa shape index (κ3) is 4.43. The molecule has 5 nitrogen and oxygen atoms in total. The van der Waals surface area contributed by atoms with Crippen LogP contribution in [0.3, 0.4) is 0 Å². The fourth-order valence-corrected chi connectivity index (χ4v) is 2.30. The largest absolute Gasteiger partial charge is 0.510 e. The summed E-state index contributed by atoms with van der Waals surface area (Å²) in [5.41, 5.74) is 0.301. The molecule has 0 heterocycles. The normalized spacial score (nSPS) is 12.4. The first kappa shape index (κ1) is 15.8. The molecule has 0 unspecified atom stereocenters. The van der Waals surface area contributed by atoms with Gasteiger partial charge in [-0.3, -0.25) is 0 Å². The van der Waals surface area contributed by atoms with Gasteiger partial charge in [-0.25, -0.2) is 4.79 Å². The molecule has 0 aromatic heterocycles. The Labute approximate surface area is 127 Å². The minimum absolute atomic E-state index is 0.198. The molecular formula is C12H12Br2N2O3. The summed E-state index contributed by atoms with van der Waals surface area (Å²) in [6, 6.07) is 5.41. The number of aliphatic hydroxyl groups is 1. The van der Waals surface area contributed by atoms with Gasteiger partial charge in [-0.05, 0) is 57.8 Å². The molecule has 0 aliphatic carbocycles. The van der Waals surface area contributed by atoms with E-state index in [1.165, 1.54) is 6.92 Å². The second-order valence-corrected chi connectivity index (χ2v) is 5.13. The number of aliphatic hydroxyl groups excluding tert-OH is 1. The van der Waals surface area contributed by atoms with Crippen molar-refractivity contribution in [3.63, 3.8) is 0 Å². The van der Waals surface area contributed by atoms with E-state index < -0.39 is 5.97 Å². The van der Waals surface area contributed by atoms with Gasteiger partial charge in [-0.1, -0.05) is 6.07 Å². The van der Waals surface area contributed by atoms with Gasteiger partial charge < -0.3 is 9.84 Å². The summed E-state index contributed by atoms with van der Waals surface area (Å²) in [5.74, 6) is -0.959. The topological polar surface area (TPSA) is 71.2 Å². The summed E-state index contributed by atoms with van der Waals surface area (Å²) in [6.07, 6.45) is 0. The van der Waals surface area contributed by atoms with Gasteiger partial charge in [-0.2, -0.15) is 0 Å². The molecule has 1 aromatic rings. The molecule has 1 rings (SSSR count). The van der Waals surface area contributed by atoms with Crippen molar-refractivity contribution in [1.29, 1.82) is 0 Å². The Kier molecular flexibility index (Phi) is 6.17. The average Bonchev–Trinajstić information content (AvgIpc) is 2.32. The Morgan fingerprint density at radius 2 is 1.95 bits per heavy atom. The Bertz CT molecular complexity index is 518. The van der Waals surface area contributed by atoms with Gasteiger partial charge in [0, 0.05) is 8.95 Å². The van der Waals surface area contributed by atoms with E-state index in [0.29, 0.717) is 14.6 Å². The number of allylic oxidation sites excluding steroid dienone is 1. The predicted molar refractivity (Wildman–Crippen MR) is 78.3 cm³/mol. The number of benzene rings is 1. The van der Waals surface area contributed by atoms with Crippen LogP contribution in [0.25, 0.3) is 0 Å². The molecule has 1 aromatic carbocycles. The lowest BCUT2D eigenvalue weighted by atomic mass is 10.3. The minimum Gasteiger partial charge on any atom is -0.510 e. The van der Waals surface area contributed by atoms with Crippen molar-refractivity contribution in [3.8, 4) is 0 Å². The maximum atomic E-state index is 11.6. The zero-order valence-corrected chi connectivity index (χ0v) is 13.5.